The minimum atomic E-state index is -4.34. The summed E-state index contributed by atoms with van der Waals surface area (Å²) < 4.78 is 23.6. The number of carbonyl (C=O) groups is 1. The van der Waals surface area contributed by atoms with Crippen molar-refractivity contribution >= 4 is 13.7 Å². The summed E-state index contributed by atoms with van der Waals surface area (Å²) >= 11 is 0. The molecule has 0 bridgehead atoms. The number of rotatable bonds is 56. The quantitative estimate of drug-likeness (QED) is 0.0243. The number of hydrogen-bond donors (Lipinski definition) is 3. The second-order valence-corrected chi connectivity index (χ2v) is 23.5. The molecule has 0 rings (SSSR count). The van der Waals surface area contributed by atoms with E-state index < -0.39 is 20.0 Å². The third-order valence-corrected chi connectivity index (χ3v) is 14.8. The van der Waals surface area contributed by atoms with Crippen molar-refractivity contribution in [3.63, 3.8) is 0 Å². The molecule has 0 heterocycles. The van der Waals surface area contributed by atoms with Crippen molar-refractivity contribution in [1.29, 1.82) is 0 Å². The van der Waals surface area contributed by atoms with Crippen molar-refractivity contribution in [3.05, 3.63) is 36.5 Å². The number of phosphoric acid groups is 1. The predicted molar refractivity (Wildman–Crippen MR) is 304 cm³/mol. The number of carbonyl (C=O) groups excluding carboxylic acids is 1. The highest BCUT2D eigenvalue weighted by Crippen LogP contribution is 2.43. The Bertz CT molecular complexity index is 1230. The first-order valence-corrected chi connectivity index (χ1v) is 31.9. The average molecular weight is 1010 g/mol. The molecule has 0 radical (unpaired) electrons. The van der Waals surface area contributed by atoms with Gasteiger partial charge in [0.2, 0.25) is 5.91 Å². The highest BCUT2D eigenvalue weighted by atomic mass is 31.2. The summed E-state index contributed by atoms with van der Waals surface area (Å²) in [6.07, 6.45) is 68.9. The lowest BCUT2D eigenvalue weighted by Gasteiger charge is -2.25. The third-order valence-electron chi connectivity index (χ3n) is 13.8. The smallest absolute Gasteiger partial charge is 0.387 e. The van der Waals surface area contributed by atoms with Crippen LogP contribution in [0.25, 0.3) is 0 Å². The summed E-state index contributed by atoms with van der Waals surface area (Å²) in [5.74, 6) is -0.186. The normalized spacial score (nSPS) is 14.1. The van der Waals surface area contributed by atoms with Crippen LogP contribution in [-0.4, -0.2) is 73.4 Å². The number of likely N-dealkylation sites (N-methyl/N-ethyl adjacent to an activating group) is 1. The second-order valence-electron chi connectivity index (χ2n) is 22.1. The predicted octanol–water partition coefficient (Wildman–Crippen LogP) is 18.5. The molecule has 0 aromatic carbocycles. The van der Waals surface area contributed by atoms with Crippen LogP contribution in [0.4, 0.5) is 0 Å². The number of quaternary nitrogens is 1. The van der Waals surface area contributed by atoms with E-state index in [1.807, 2.05) is 27.2 Å². The largest absolute Gasteiger partial charge is 0.472 e. The first-order valence-electron chi connectivity index (χ1n) is 30.4. The van der Waals surface area contributed by atoms with E-state index in [1.165, 1.54) is 238 Å². The van der Waals surface area contributed by atoms with Gasteiger partial charge in [-0.1, -0.05) is 269 Å². The summed E-state index contributed by atoms with van der Waals surface area (Å²) in [4.78, 5) is 23.2. The molecule has 0 aromatic heterocycles. The van der Waals surface area contributed by atoms with Gasteiger partial charge in [0, 0.05) is 6.42 Å². The number of allylic oxidation sites excluding steroid dienone is 5. The standard InChI is InChI=1S/C61H119N2O6P/c1-6-8-10-12-14-16-17-18-19-20-21-22-23-24-25-26-27-28-29-30-31-32-33-34-35-36-37-38-39-40-41-42-43-44-45-47-49-51-53-55-61(65)62-59(58-69-70(66,67)68-57-56-63(3,4)5)60(64)54-52-50-48-46-15-13-11-9-7-2/h15,30-31,46,52,54,59-60,64H,6-14,16-29,32-45,47-51,53,55-58H2,1-5H3,(H-,62,65,66,67)/p+1/b31-30-,46-15+,54-52+. The second kappa shape index (κ2) is 52.6. The van der Waals surface area contributed by atoms with Crippen LogP contribution >= 0.6 is 7.82 Å². The van der Waals surface area contributed by atoms with Crippen molar-refractivity contribution in [2.24, 2.45) is 0 Å². The van der Waals surface area contributed by atoms with E-state index in [0.717, 1.165) is 38.5 Å². The summed E-state index contributed by atoms with van der Waals surface area (Å²) in [6, 6.07) is -0.860. The molecule has 0 aliphatic rings. The maximum absolute atomic E-state index is 12.9. The highest BCUT2D eigenvalue weighted by Gasteiger charge is 2.27. The lowest BCUT2D eigenvalue weighted by molar-refractivity contribution is -0.870. The summed E-state index contributed by atoms with van der Waals surface area (Å²) in [6.45, 7) is 4.76. The third kappa shape index (κ3) is 54.5. The SMILES string of the molecule is CCCCC/C=C/CC/C=C/C(O)C(COP(=O)(O)OCC[N+](C)(C)C)NC(=O)CCCCCCCCCCCCCCCCCCC/C=C\CCCCCCCCCCCCCCCCCCCC. The van der Waals surface area contributed by atoms with E-state index in [2.05, 4.69) is 43.5 Å². The fourth-order valence-electron chi connectivity index (χ4n) is 9.06. The van der Waals surface area contributed by atoms with E-state index in [0.29, 0.717) is 17.4 Å². The minimum Gasteiger partial charge on any atom is -0.387 e. The maximum Gasteiger partial charge on any atom is 0.472 e. The molecule has 414 valence electrons. The summed E-state index contributed by atoms with van der Waals surface area (Å²) in [5.41, 5.74) is 0. The van der Waals surface area contributed by atoms with Crippen molar-refractivity contribution in [1.82, 2.24) is 5.32 Å². The Morgan fingerprint density at radius 3 is 1.17 bits per heavy atom. The lowest BCUT2D eigenvalue weighted by Crippen LogP contribution is -2.45. The fraction of sp³-hybridized carbons (Fsp3) is 0.885. The van der Waals surface area contributed by atoms with Crippen LogP contribution in [0.2, 0.25) is 0 Å². The van der Waals surface area contributed by atoms with E-state index in [9.17, 15) is 19.4 Å². The van der Waals surface area contributed by atoms with Gasteiger partial charge in [-0.15, -0.1) is 0 Å². The van der Waals surface area contributed by atoms with Crippen molar-refractivity contribution in [3.8, 4) is 0 Å². The zero-order valence-corrected chi connectivity index (χ0v) is 48.2. The van der Waals surface area contributed by atoms with Gasteiger partial charge < -0.3 is 19.8 Å². The van der Waals surface area contributed by atoms with Gasteiger partial charge in [-0.2, -0.15) is 0 Å². The molecular formula is C61H120N2O6P+. The van der Waals surface area contributed by atoms with Gasteiger partial charge in [0.25, 0.3) is 0 Å². The van der Waals surface area contributed by atoms with Crippen molar-refractivity contribution in [2.75, 3.05) is 40.9 Å². The number of aliphatic hydroxyl groups excluding tert-OH is 1. The number of amides is 1. The Hall–Kier alpha value is -1.28. The Morgan fingerprint density at radius 1 is 0.471 bits per heavy atom. The number of hydrogen-bond acceptors (Lipinski definition) is 5. The molecular weight excluding hydrogens is 888 g/mol. The Labute approximate surface area is 436 Å². The van der Waals surface area contributed by atoms with Crippen molar-refractivity contribution < 1.29 is 32.9 Å². The molecule has 0 fully saturated rings. The van der Waals surface area contributed by atoms with E-state index in [-0.39, 0.29) is 19.1 Å². The van der Waals surface area contributed by atoms with Gasteiger partial charge in [-0.3, -0.25) is 13.8 Å². The monoisotopic (exact) mass is 1010 g/mol. The van der Waals surface area contributed by atoms with E-state index in [4.69, 9.17) is 9.05 Å². The zero-order valence-electron chi connectivity index (χ0n) is 47.3. The molecule has 0 aromatic rings. The Balaban J connectivity index is 3.79. The van der Waals surface area contributed by atoms with Crippen LogP contribution in [0.15, 0.2) is 36.5 Å². The van der Waals surface area contributed by atoms with Crippen molar-refractivity contribution in [2.45, 2.75) is 309 Å². The fourth-order valence-corrected chi connectivity index (χ4v) is 9.79. The highest BCUT2D eigenvalue weighted by molar-refractivity contribution is 7.47. The lowest BCUT2D eigenvalue weighted by atomic mass is 10.0. The van der Waals surface area contributed by atoms with Crippen LogP contribution in [0.3, 0.4) is 0 Å². The van der Waals surface area contributed by atoms with Crippen LogP contribution in [-0.2, 0) is 18.4 Å². The van der Waals surface area contributed by atoms with Gasteiger partial charge >= 0.3 is 7.82 Å². The molecule has 3 unspecified atom stereocenters. The summed E-state index contributed by atoms with van der Waals surface area (Å²) in [5, 5.41) is 13.8. The minimum absolute atomic E-state index is 0.0568. The van der Waals surface area contributed by atoms with Gasteiger partial charge in [0.15, 0.2) is 0 Å². The molecule has 0 spiro atoms. The summed E-state index contributed by atoms with van der Waals surface area (Å²) in [7, 11) is 1.56. The number of nitrogens with one attached hydrogen (secondary N) is 1. The topological polar surface area (TPSA) is 105 Å². The Morgan fingerprint density at radius 2 is 0.786 bits per heavy atom. The Kier molecular flexibility index (Phi) is 51.6. The van der Waals surface area contributed by atoms with Gasteiger partial charge in [0.05, 0.1) is 39.9 Å². The molecule has 70 heavy (non-hydrogen) atoms. The van der Waals surface area contributed by atoms with Gasteiger partial charge in [-0.25, -0.2) is 4.57 Å². The molecule has 8 nitrogen and oxygen atoms in total. The van der Waals surface area contributed by atoms with E-state index in [1.54, 1.807) is 6.08 Å². The van der Waals surface area contributed by atoms with Crippen LogP contribution in [0.1, 0.15) is 296 Å². The van der Waals surface area contributed by atoms with E-state index >= 15 is 0 Å². The molecule has 0 saturated carbocycles. The number of nitrogens with zero attached hydrogens (tertiary/aromatic N) is 1. The average Bonchev–Trinajstić information content (AvgIpc) is 3.32. The molecule has 0 aliphatic carbocycles. The number of phosphoric ester groups is 1. The van der Waals surface area contributed by atoms with Crippen LogP contribution < -0.4 is 5.32 Å². The molecule has 3 N–H and O–H groups in total. The van der Waals surface area contributed by atoms with Crippen LogP contribution in [0.5, 0.6) is 0 Å². The number of unbranched alkanes of at least 4 members (excludes halogenated alkanes) is 39. The first kappa shape index (κ1) is 68.7. The number of aliphatic hydroxyl groups is 1. The molecule has 0 aliphatic heterocycles. The molecule has 9 heteroatoms. The molecule has 3 atom stereocenters. The van der Waals surface area contributed by atoms with Gasteiger partial charge in [-0.05, 0) is 57.8 Å². The van der Waals surface area contributed by atoms with Crippen LogP contribution in [0, 0.1) is 0 Å². The molecule has 1 amide bonds. The maximum atomic E-state index is 12.9. The molecule has 0 saturated heterocycles. The van der Waals surface area contributed by atoms with Gasteiger partial charge in [0.1, 0.15) is 13.2 Å². The zero-order chi connectivity index (χ0) is 51.3. The first-order chi connectivity index (χ1) is 34.0.